The van der Waals surface area contributed by atoms with Crippen LogP contribution in [-0.2, 0) is 37.4 Å². The summed E-state index contributed by atoms with van der Waals surface area (Å²) in [4.78, 5) is 28.9. The van der Waals surface area contributed by atoms with Crippen molar-refractivity contribution in [2.24, 2.45) is 0 Å². The molecule has 44 heavy (non-hydrogen) atoms. The van der Waals surface area contributed by atoms with Crippen LogP contribution < -0.4 is 10.1 Å². The number of furan rings is 1. The first kappa shape index (κ1) is 30.9. The average molecular weight is 622 g/mol. The third kappa shape index (κ3) is 7.70. The van der Waals surface area contributed by atoms with E-state index in [9.17, 15) is 22.4 Å². The molecule has 1 aromatic heterocycles. The first-order chi connectivity index (χ1) is 21.3. The average Bonchev–Trinajstić information content (AvgIpc) is 3.58. The highest BCUT2D eigenvalue weighted by Gasteiger charge is 2.32. The quantitative estimate of drug-likeness (QED) is 0.255. The Bertz CT molecular complexity index is 1630. The first-order valence-electron chi connectivity index (χ1n) is 14.0. The molecule has 10 nitrogen and oxygen atoms in total. The van der Waals surface area contributed by atoms with Crippen LogP contribution in [0.15, 0.2) is 107 Å². The summed E-state index contributed by atoms with van der Waals surface area (Å²) in [6.07, 6.45) is 1.50. The summed E-state index contributed by atoms with van der Waals surface area (Å²) in [5, 5.41) is 2.84. The molecule has 1 atom stereocenters. The molecule has 1 saturated heterocycles. The van der Waals surface area contributed by atoms with Gasteiger partial charge in [-0.3, -0.25) is 9.59 Å². The van der Waals surface area contributed by atoms with Crippen LogP contribution in [-0.4, -0.2) is 62.3 Å². The highest BCUT2D eigenvalue weighted by Crippen LogP contribution is 2.26. The maximum atomic E-state index is 13.8. The van der Waals surface area contributed by atoms with E-state index in [-0.39, 0.29) is 36.8 Å². The largest absolute Gasteiger partial charge is 0.484 e. The van der Waals surface area contributed by atoms with Gasteiger partial charge in [-0.25, -0.2) is 12.8 Å². The number of amides is 2. The Balaban J connectivity index is 1.36. The van der Waals surface area contributed by atoms with Crippen LogP contribution in [0.5, 0.6) is 5.75 Å². The molecule has 5 rings (SSSR count). The Hall–Kier alpha value is -4.52. The Morgan fingerprint density at radius 2 is 1.64 bits per heavy atom. The molecule has 1 aliphatic heterocycles. The van der Waals surface area contributed by atoms with E-state index in [1.54, 1.807) is 54.6 Å². The molecule has 1 N–H and O–H groups in total. The number of carbonyl (C=O) groups excluding carboxylic acids is 2. The normalized spacial score (nSPS) is 14.5. The summed E-state index contributed by atoms with van der Waals surface area (Å²) in [6, 6.07) is 22.7. The van der Waals surface area contributed by atoms with Gasteiger partial charge in [-0.2, -0.15) is 4.31 Å². The minimum absolute atomic E-state index is 0.00701. The van der Waals surface area contributed by atoms with Crippen molar-refractivity contribution in [3.05, 3.63) is 120 Å². The molecule has 0 saturated carbocycles. The lowest BCUT2D eigenvalue weighted by molar-refractivity contribution is -0.143. The monoisotopic (exact) mass is 621 g/mol. The number of sulfonamides is 1. The van der Waals surface area contributed by atoms with Gasteiger partial charge in [-0.05, 0) is 59.7 Å². The van der Waals surface area contributed by atoms with Gasteiger partial charge < -0.3 is 24.1 Å². The maximum absolute atomic E-state index is 13.8. The maximum Gasteiger partial charge on any atom is 0.261 e. The molecule has 230 valence electrons. The van der Waals surface area contributed by atoms with E-state index in [1.807, 2.05) is 0 Å². The molecule has 1 fully saturated rings. The Morgan fingerprint density at radius 1 is 0.932 bits per heavy atom. The topological polar surface area (TPSA) is 118 Å². The van der Waals surface area contributed by atoms with E-state index in [4.69, 9.17) is 13.9 Å². The van der Waals surface area contributed by atoms with Crippen LogP contribution in [0.1, 0.15) is 22.9 Å². The number of carbonyl (C=O) groups is 2. The van der Waals surface area contributed by atoms with Crippen molar-refractivity contribution in [1.82, 2.24) is 14.5 Å². The molecular formula is C32H32FN3O7S. The first-order valence-corrected chi connectivity index (χ1v) is 15.4. The predicted octanol–water partition coefficient (Wildman–Crippen LogP) is 3.90. The predicted molar refractivity (Wildman–Crippen MR) is 158 cm³/mol. The Labute approximate surface area is 255 Å². The molecule has 0 spiro atoms. The lowest BCUT2D eigenvalue weighted by Gasteiger charge is -2.31. The van der Waals surface area contributed by atoms with Gasteiger partial charge in [0.15, 0.2) is 6.61 Å². The molecule has 2 amide bonds. The van der Waals surface area contributed by atoms with E-state index in [0.717, 1.165) is 0 Å². The number of rotatable bonds is 12. The number of nitrogens with one attached hydrogen (secondary N) is 1. The minimum atomic E-state index is -3.69. The van der Waals surface area contributed by atoms with E-state index in [1.165, 1.54) is 51.9 Å². The van der Waals surface area contributed by atoms with Crippen molar-refractivity contribution < 1.29 is 36.3 Å². The van der Waals surface area contributed by atoms with Crippen LogP contribution in [0.4, 0.5) is 4.39 Å². The van der Waals surface area contributed by atoms with Crippen LogP contribution in [0.2, 0.25) is 0 Å². The number of hydrogen-bond acceptors (Lipinski definition) is 7. The van der Waals surface area contributed by atoms with Crippen LogP contribution in [0.3, 0.4) is 0 Å². The smallest absolute Gasteiger partial charge is 0.261 e. The minimum Gasteiger partial charge on any atom is -0.484 e. The number of hydrogen-bond donors (Lipinski definition) is 1. The van der Waals surface area contributed by atoms with Crippen molar-refractivity contribution in [2.75, 3.05) is 32.9 Å². The lowest BCUT2D eigenvalue weighted by Crippen LogP contribution is -2.45. The summed E-state index contributed by atoms with van der Waals surface area (Å²) < 4.78 is 57.3. The molecule has 4 aromatic rings. The SMILES string of the molecule is O=C(NCc1ccco1)C(c1ccccc1)N(Cc1ccc(F)cc1)C(=O)COc1ccc(S(=O)(=O)N2CCOCC2)cc1. The second-order valence-corrected chi connectivity index (χ2v) is 12.0. The molecule has 1 aliphatic rings. The Morgan fingerprint density at radius 3 is 2.30 bits per heavy atom. The molecule has 12 heteroatoms. The van der Waals surface area contributed by atoms with Crippen LogP contribution in [0.25, 0.3) is 0 Å². The summed E-state index contributed by atoms with van der Waals surface area (Å²) in [5.74, 6) is -0.560. The summed E-state index contributed by atoms with van der Waals surface area (Å²) in [5.41, 5.74) is 1.18. The zero-order chi connectivity index (χ0) is 30.9. The second kappa shape index (κ2) is 14.3. The van der Waals surface area contributed by atoms with E-state index < -0.39 is 40.3 Å². The highest BCUT2D eigenvalue weighted by atomic mass is 32.2. The number of morpholine rings is 1. The standard InChI is InChI=1S/C32H32FN3O7S/c33-26-10-8-24(9-11-26)22-36(31(25-5-2-1-3-6-25)32(38)34-21-28-7-4-18-42-28)30(37)23-43-27-12-14-29(15-13-27)44(39,40)35-16-19-41-20-17-35/h1-15,18,31H,16-17,19-23H2,(H,34,38). The van der Waals surface area contributed by atoms with Gasteiger partial charge in [0.1, 0.15) is 23.4 Å². The fraction of sp³-hybridized carbons (Fsp3) is 0.250. The number of halogens is 1. The van der Waals surface area contributed by atoms with E-state index >= 15 is 0 Å². The second-order valence-electron chi connectivity index (χ2n) is 10.0. The molecule has 0 radical (unpaired) electrons. The fourth-order valence-corrected chi connectivity index (χ4v) is 6.18. The van der Waals surface area contributed by atoms with Crippen LogP contribution in [0, 0.1) is 5.82 Å². The van der Waals surface area contributed by atoms with Crippen molar-refractivity contribution >= 4 is 21.8 Å². The lowest BCUT2D eigenvalue weighted by atomic mass is 10.0. The molecule has 0 aliphatic carbocycles. The van der Waals surface area contributed by atoms with E-state index in [2.05, 4.69) is 5.32 Å². The zero-order valence-corrected chi connectivity index (χ0v) is 24.6. The summed E-state index contributed by atoms with van der Waals surface area (Å²) in [7, 11) is -3.69. The molecule has 1 unspecified atom stereocenters. The summed E-state index contributed by atoms with van der Waals surface area (Å²) in [6.45, 7) is 0.888. The van der Waals surface area contributed by atoms with Gasteiger partial charge in [-0.15, -0.1) is 0 Å². The van der Waals surface area contributed by atoms with Gasteiger partial charge in [-0.1, -0.05) is 42.5 Å². The van der Waals surface area contributed by atoms with Gasteiger partial charge in [0, 0.05) is 19.6 Å². The van der Waals surface area contributed by atoms with Crippen molar-refractivity contribution in [3.8, 4) is 5.75 Å². The van der Waals surface area contributed by atoms with Gasteiger partial charge in [0.05, 0.1) is 30.9 Å². The van der Waals surface area contributed by atoms with Crippen molar-refractivity contribution in [1.29, 1.82) is 0 Å². The van der Waals surface area contributed by atoms with Crippen molar-refractivity contribution in [3.63, 3.8) is 0 Å². The number of nitrogens with zero attached hydrogens (tertiary/aromatic N) is 2. The van der Waals surface area contributed by atoms with Crippen molar-refractivity contribution in [2.45, 2.75) is 24.0 Å². The zero-order valence-electron chi connectivity index (χ0n) is 23.8. The molecule has 2 heterocycles. The molecule has 3 aromatic carbocycles. The third-order valence-corrected chi connectivity index (χ3v) is 8.99. The van der Waals surface area contributed by atoms with Gasteiger partial charge in [0.2, 0.25) is 15.9 Å². The summed E-state index contributed by atoms with van der Waals surface area (Å²) >= 11 is 0. The third-order valence-electron chi connectivity index (χ3n) is 7.07. The van der Waals surface area contributed by atoms with Crippen LogP contribution >= 0.6 is 0 Å². The number of benzene rings is 3. The molecule has 0 bridgehead atoms. The highest BCUT2D eigenvalue weighted by molar-refractivity contribution is 7.89. The Kier molecular flexibility index (Phi) is 10.1. The van der Waals surface area contributed by atoms with E-state index in [0.29, 0.717) is 30.1 Å². The number of ether oxygens (including phenoxy) is 2. The van der Waals surface area contributed by atoms with Gasteiger partial charge >= 0.3 is 0 Å². The van der Waals surface area contributed by atoms with Gasteiger partial charge in [0.25, 0.3) is 5.91 Å². The fourth-order valence-electron chi connectivity index (χ4n) is 4.77. The molecular weight excluding hydrogens is 589 g/mol.